The monoisotopic (exact) mass is 183 g/mol. The average molecular weight is 184 g/mol. The van der Waals surface area contributed by atoms with Crippen LogP contribution in [0, 0.1) is 0 Å². The fourth-order valence-electron chi connectivity index (χ4n) is 0.813. The molecule has 0 bridgehead atoms. The quantitative estimate of drug-likeness (QED) is 0.779. The van der Waals surface area contributed by atoms with Crippen molar-refractivity contribution in [2.45, 2.75) is 6.42 Å². The molecule has 1 aromatic heterocycles. The molecule has 0 aliphatic heterocycles. The van der Waals surface area contributed by atoms with Crippen molar-refractivity contribution in [3.05, 3.63) is 35.1 Å². The zero-order valence-electron chi connectivity index (χ0n) is 6.57. The lowest BCUT2D eigenvalue weighted by Gasteiger charge is -1.92. The van der Waals surface area contributed by atoms with Crippen molar-refractivity contribution in [1.29, 1.82) is 0 Å². The van der Waals surface area contributed by atoms with Gasteiger partial charge in [-0.2, -0.15) is 0 Å². The summed E-state index contributed by atoms with van der Waals surface area (Å²) < 4.78 is 0. The van der Waals surface area contributed by atoms with Gasteiger partial charge in [-0.3, -0.25) is 4.98 Å². The van der Waals surface area contributed by atoms with Gasteiger partial charge < -0.3 is 5.11 Å². The first-order valence-electron chi connectivity index (χ1n) is 3.71. The molecule has 0 saturated carbocycles. The van der Waals surface area contributed by atoms with Crippen LogP contribution in [0.25, 0.3) is 6.08 Å². The van der Waals surface area contributed by atoms with Crippen molar-refractivity contribution in [2.24, 2.45) is 0 Å². The third kappa shape index (κ3) is 3.03. The molecule has 0 fully saturated rings. The van der Waals surface area contributed by atoms with E-state index in [1.807, 2.05) is 18.2 Å². The first kappa shape index (κ1) is 9.23. The molecule has 0 radical (unpaired) electrons. The highest BCUT2D eigenvalue weighted by molar-refractivity contribution is 6.30. The minimum Gasteiger partial charge on any atom is -0.396 e. The lowest BCUT2D eigenvalue weighted by Crippen LogP contribution is -1.78. The van der Waals surface area contributed by atoms with E-state index in [-0.39, 0.29) is 6.61 Å². The summed E-state index contributed by atoms with van der Waals surface area (Å²) in [4.78, 5) is 3.92. The molecule has 0 aliphatic carbocycles. The van der Waals surface area contributed by atoms with Crippen molar-refractivity contribution in [2.75, 3.05) is 6.61 Å². The van der Waals surface area contributed by atoms with Crippen LogP contribution in [0.2, 0.25) is 5.02 Å². The summed E-state index contributed by atoms with van der Waals surface area (Å²) in [5.74, 6) is 0. The van der Waals surface area contributed by atoms with Crippen LogP contribution >= 0.6 is 11.6 Å². The molecule has 0 aromatic carbocycles. The Kier molecular flexibility index (Phi) is 3.77. The normalized spacial score (nSPS) is 10.8. The Morgan fingerprint density at radius 2 is 2.33 bits per heavy atom. The largest absolute Gasteiger partial charge is 0.396 e. The number of pyridine rings is 1. The summed E-state index contributed by atoms with van der Waals surface area (Å²) in [5, 5.41) is 9.13. The van der Waals surface area contributed by atoms with Crippen LogP contribution in [0.5, 0.6) is 0 Å². The van der Waals surface area contributed by atoms with Gasteiger partial charge in [0.05, 0.1) is 5.02 Å². The van der Waals surface area contributed by atoms with E-state index in [0.717, 1.165) is 5.56 Å². The second kappa shape index (κ2) is 4.91. The number of aromatic nitrogens is 1. The topological polar surface area (TPSA) is 33.1 Å². The molecule has 12 heavy (non-hydrogen) atoms. The fourth-order valence-corrected chi connectivity index (χ4v) is 0.996. The first-order valence-corrected chi connectivity index (χ1v) is 4.08. The van der Waals surface area contributed by atoms with E-state index in [1.165, 1.54) is 0 Å². The van der Waals surface area contributed by atoms with Gasteiger partial charge in [0.25, 0.3) is 0 Å². The maximum Gasteiger partial charge on any atom is 0.0595 e. The predicted octanol–water partition coefficient (Wildman–Crippen LogP) is 2.13. The van der Waals surface area contributed by atoms with Gasteiger partial charge in [0.15, 0.2) is 0 Å². The molecule has 1 N–H and O–H groups in total. The second-order valence-corrected chi connectivity index (χ2v) is 2.79. The predicted molar refractivity (Wildman–Crippen MR) is 50.0 cm³/mol. The Morgan fingerprint density at radius 3 is 3.00 bits per heavy atom. The molecule has 0 atom stereocenters. The SMILES string of the molecule is OCCC=Cc1cncc(Cl)c1. The summed E-state index contributed by atoms with van der Waals surface area (Å²) in [6.07, 6.45) is 7.74. The smallest absolute Gasteiger partial charge is 0.0595 e. The van der Waals surface area contributed by atoms with Crippen LogP contribution in [0.3, 0.4) is 0 Å². The van der Waals surface area contributed by atoms with Gasteiger partial charge >= 0.3 is 0 Å². The maximum atomic E-state index is 8.51. The van der Waals surface area contributed by atoms with E-state index >= 15 is 0 Å². The van der Waals surface area contributed by atoms with E-state index in [2.05, 4.69) is 4.98 Å². The Balaban J connectivity index is 2.63. The lowest BCUT2D eigenvalue weighted by atomic mass is 10.2. The van der Waals surface area contributed by atoms with Crippen molar-refractivity contribution < 1.29 is 5.11 Å². The number of aliphatic hydroxyl groups is 1. The van der Waals surface area contributed by atoms with Gasteiger partial charge in [0.1, 0.15) is 0 Å². The second-order valence-electron chi connectivity index (χ2n) is 2.35. The number of hydrogen-bond donors (Lipinski definition) is 1. The third-order valence-electron chi connectivity index (χ3n) is 1.33. The molecule has 0 spiro atoms. The van der Waals surface area contributed by atoms with Gasteiger partial charge in [0, 0.05) is 19.0 Å². The van der Waals surface area contributed by atoms with E-state index < -0.39 is 0 Å². The van der Waals surface area contributed by atoms with E-state index in [1.54, 1.807) is 12.4 Å². The Bertz CT molecular complexity index is 273. The molecule has 2 nitrogen and oxygen atoms in total. The van der Waals surface area contributed by atoms with Crippen molar-refractivity contribution in [3.8, 4) is 0 Å². The number of halogens is 1. The maximum absolute atomic E-state index is 8.51. The van der Waals surface area contributed by atoms with Crippen LogP contribution in [-0.4, -0.2) is 16.7 Å². The van der Waals surface area contributed by atoms with E-state index in [0.29, 0.717) is 11.4 Å². The van der Waals surface area contributed by atoms with Crippen LogP contribution in [0.4, 0.5) is 0 Å². The van der Waals surface area contributed by atoms with Crippen LogP contribution in [-0.2, 0) is 0 Å². The molecule has 0 aliphatic rings. The highest BCUT2D eigenvalue weighted by atomic mass is 35.5. The van der Waals surface area contributed by atoms with Crippen molar-refractivity contribution in [3.63, 3.8) is 0 Å². The van der Waals surface area contributed by atoms with E-state index in [9.17, 15) is 0 Å². The summed E-state index contributed by atoms with van der Waals surface area (Å²) in [6, 6.07) is 1.82. The molecular formula is C9H10ClNO. The molecule has 0 unspecified atom stereocenters. The Hall–Kier alpha value is -0.860. The zero-order chi connectivity index (χ0) is 8.81. The third-order valence-corrected chi connectivity index (χ3v) is 1.54. The van der Waals surface area contributed by atoms with Crippen LogP contribution in [0.1, 0.15) is 12.0 Å². The number of rotatable bonds is 3. The number of hydrogen-bond acceptors (Lipinski definition) is 2. The van der Waals surface area contributed by atoms with Gasteiger partial charge in [0.2, 0.25) is 0 Å². The number of nitrogens with zero attached hydrogens (tertiary/aromatic N) is 1. The Morgan fingerprint density at radius 1 is 1.50 bits per heavy atom. The van der Waals surface area contributed by atoms with Gasteiger partial charge in [-0.15, -0.1) is 0 Å². The fraction of sp³-hybridized carbons (Fsp3) is 0.222. The minimum absolute atomic E-state index is 0.171. The molecule has 3 heteroatoms. The molecule has 0 amide bonds. The summed E-state index contributed by atoms with van der Waals surface area (Å²) in [5.41, 5.74) is 0.955. The van der Waals surface area contributed by atoms with Crippen LogP contribution < -0.4 is 0 Å². The Labute approximate surface area is 76.5 Å². The highest BCUT2D eigenvalue weighted by Gasteiger charge is 1.88. The molecular weight excluding hydrogens is 174 g/mol. The van der Waals surface area contributed by atoms with Gasteiger partial charge in [-0.05, 0) is 18.1 Å². The summed E-state index contributed by atoms with van der Waals surface area (Å²) in [6.45, 7) is 0.171. The summed E-state index contributed by atoms with van der Waals surface area (Å²) >= 11 is 5.71. The minimum atomic E-state index is 0.171. The molecule has 1 heterocycles. The highest BCUT2D eigenvalue weighted by Crippen LogP contribution is 2.09. The van der Waals surface area contributed by atoms with Gasteiger partial charge in [-0.1, -0.05) is 23.8 Å². The molecule has 0 saturated heterocycles. The van der Waals surface area contributed by atoms with Crippen molar-refractivity contribution in [1.82, 2.24) is 4.98 Å². The standard InChI is InChI=1S/C9H10ClNO/c10-9-5-8(6-11-7-9)3-1-2-4-12/h1,3,5-7,12H,2,4H2. The number of aliphatic hydroxyl groups excluding tert-OH is 1. The molecule has 1 rings (SSSR count). The van der Waals surface area contributed by atoms with E-state index in [4.69, 9.17) is 16.7 Å². The van der Waals surface area contributed by atoms with Gasteiger partial charge in [-0.25, -0.2) is 0 Å². The lowest BCUT2D eigenvalue weighted by molar-refractivity contribution is 0.303. The molecule has 64 valence electrons. The van der Waals surface area contributed by atoms with Crippen LogP contribution in [0.15, 0.2) is 24.5 Å². The average Bonchev–Trinajstić information content (AvgIpc) is 2.05. The summed E-state index contributed by atoms with van der Waals surface area (Å²) in [7, 11) is 0. The van der Waals surface area contributed by atoms with Crippen molar-refractivity contribution >= 4 is 17.7 Å². The zero-order valence-corrected chi connectivity index (χ0v) is 7.33. The first-order chi connectivity index (χ1) is 5.83. The molecule has 1 aromatic rings.